The number of hydrogen-bond donors (Lipinski definition) is 1. The van der Waals surface area contributed by atoms with Crippen molar-refractivity contribution in [2.75, 3.05) is 11.9 Å². The van der Waals surface area contributed by atoms with Crippen molar-refractivity contribution in [2.45, 2.75) is 78.6 Å². The maximum atomic E-state index is 11.4. The van der Waals surface area contributed by atoms with Crippen molar-refractivity contribution in [3.8, 4) is 0 Å². The van der Waals surface area contributed by atoms with E-state index in [0.717, 1.165) is 35.5 Å². The molecule has 1 N–H and O–H groups in total. The Balaban J connectivity index is 0.000000459. The molecule has 0 radical (unpaired) electrons. The molecule has 1 atom stereocenters. The minimum absolute atomic E-state index is 0.00938. The molecule has 2 aromatic rings. The van der Waals surface area contributed by atoms with Crippen LogP contribution in [0.2, 0.25) is 0 Å². The Morgan fingerprint density at radius 3 is 2.21 bits per heavy atom. The lowest BCUT2D eigenvalue weighted by molar-refractivity contribution is -0.384. The fourth-order valence-electron chi connectivity index (χ4n) is 5.34. The van der Waals surface area contributed by atoms with Gasteiger partial charge in [0, 0.05) is 36.2 Å². The predicted octanol–water partition coefficient (Wildman–Crippen LogP) is 8.40. The molecule has 0 spiro atoms. The van der Waals surface area contributed by atoms with E-state index in [2.05, 4.69) is 58.2 Å². The van der Waals surface area contributed by atoms with Crippen LogP contribution in [-0.4, -0.2) is 28.8 Å². The second-order valence-corrected chi connectivity index (χ2v) is 11.7. The standard InChI is InChI=1S/C26H31N3O2.C6H10O2/c1-8-16(2)24-18-14-19-20(26(5,6)12-11-25(19,3)4)15-23(18)28(7)22-10-9-17(29(30)31)13-21(22)27-24;1-3-5(4-2)6(7)8/h8-10,13-16H,1,11-12H2,2-7H3;3H,4H2,1-2H3,(H,7,8)/b;5-3+. The summed E-state index contributed by atoms with van der Waals surface area (Å²) in [6, 6.07) is 9.57. The summed E-state index contributed by atoms with van der Waals surface area (Å²) in [4.78, 5) is 28.2. The van der Waals surface area contributed by atoms with Gasteiger partial charge in [-0.25, -0.2) is 9.79 Å². The lowest BCUT2D eigenvalue weighted by Crippen LogP contribution is -2.34. The molecule has 0 saturated heterocycles. The Morgan fingerprint density at radius 1 is 1.15 bits per heavy atom. The maximum absolute atomic E-state index is 11.4. The van der Waals surface area contributed by atoms with Crippen molar-refractivity contribution in [1.29, 1.82) is 0 Å². The van der Waals surface area contributed by atoms with Gasteiger partial charge in [0.25, 0.3) is 5.69 Å². The van der Waals surface area contributed by atoms with Crippen LogP contribution in [0.4, 0.5) is 22.7 Å². The van der Waals surface area contributed by atoms with Gasteiger partial charge in [-0.3, -0.25) is 10.1 Å². The second-order valence-electron chi connectivity index (χ2n) is 11.7. The van der Waals surface area contributed by atoms with Crippen LogP contribution < -0.4 is 4.90 Å². The minimum atomic E-state index is -0.810. The van der Waals surface area contributed by atoms with Gasteiger partial charge in [-0.1, -0.05) is 53.7 Å². The van der Waals surface area contributed by atoms with E-state index in [1.807, 2.05) is 20.0 Å². The molecule has 1 aliphatic heterocycles. The van der Waals surface area contributed by atoms with Crippen molar-refractivity contribution in [1.82, 2.24) is 0 Å². The Bertz CT molecular complexity index is 1370. The van der Waals surface area contributed by atoms with Crippen LogP contribution in [0.5, 0.6) is 0 Å². The fourth-order valence-corrected chi connectivity index (χ4v) is 5.34. The molecule has 4 rings (SSSR count). The van der Waals surface area contributed by atoms with Crippen LogP contribution in [0.25, 0.3) is 0 Å². The fraction of sp³-hybridized carbons (Fsp3) is 0.438. The quantitative estimate of drug-likeness (QED) is 0.181. The molecule has 39 heavy (non-hydrogen) atoms. The smallest absolute Gasteiger partial charge is 0.331 e. The lowest BCUT2D eigenvalue weighted by Gasteiger charge is -2.43. The number of carbonyl (C=O) groups is 1. The van der Waals surface area contributed by atoms with Gasteiger partial charge < -0.3 is 10.0 Å². The SMILES string of the molecule is C/C=C(\CC)C(=O)O.C=CC(C)C1=Nc2cc([N+](=O)[O-])ccc2N(C)c2cc3c(cc21)C(C)(C)CCC3(C)C. The zero-order chi connectivity index (χ0) is 29.3. The number of nitro groups is 1. The molecule has 1 unspecified atom stereocenters. The number of fused-ring (bicyclic) bond motifs is 3. The van der Waals surface area contributed by atoms with Gasteiger partial charge in [0.05, 0.1) is 27.7 Å². The molecule has 7 nitrogen and oxygen atoms in total. The lowest BCUT2D eigenvalue weighted by atomic mass is 9.62. The third-order valence-corrected chi connectivity index (χ3v) is 8.17. The van der Waals surface area contributed by atoms with E-state index >= 15 is 0 Å². The number of rotatable bonds is 5. The Morgan fingerprint density at radius 2 is 1.74 bits per heavy atom. The van der Waals surface area contributed by atoms with Crippen molar-refractivity contribution < 1.29 is 14.8 Å². The van der Waals surface area contributed by atoms with Crippen molar-refractivity contribution in [3.63, 3.8) is 0 Å². The number of allylic oxidation sites excluding steroid dienone is 2. The minimum Gasteiger partial charge on any atom is -0.478 e. The Labute approximate surface area is 232 Å². The average molecular weight is 532 g/mol. The van der Waals surface area contributed by atoms with Gasteiger partial charge in [-0.05, 0) is 66.3 Å². The van der Waals surface area contributed by atoms with E-state index in [1.165, 1.54) is 11.1 Å². The summed E-state index contributed by atoms with van der Waals surface area (Å²) < 4.78 is 0. The van der Waals surface area contributed by atoms with Crippen molar-refractivity contribution in [2.24, 2.45) is 10.9 Å². The number of hydrogen-bond acceptors (Lipinski definition) is 5. The summed E-state index contributed by atoms with van der Waals surface area (Å²) in [5.41, 5.74) is 8.01. The van der Waals surface area contributed by atoms with Gasteiger partial charge in [0.15, 0.2) is 0 Å². The molecule has 0 aromatic heterocycles. The highest BCUT2D eigenvalue weighted by molar-refractivity contribution is 6.11. The summed E-state index contributed by atoms with van der Waals surface area (Å²) in [7, 11) is 2.02. The highest BCUT2D eigenvalue weighted by Gasteiger charge is 2.39. The maximum Gasteiger partial charge on any atom is 0.331 e. The van der Waals surface area contributed by atoms with Crippen molar-refractivity contribution in [3.05, 3.63) is 81.4 Å². The number of aliphatic carboxylic acids is 1. The molecule has 208 valence electrons. The normalized spacial score (nSPS) is 17.7. The molecular weight excluding hydrogens is 490 g/mol. The molecule has 2 aliphatic rings. The average Bonchev–Trinajstić information content (AvgIpc) is 3.00. The van der Waals surface area contributed by atoms with Gasteiger partial charge in [-0.15, -0.1) is 6.58 Å². The van der Waals surface area contributed by atoms with Crippen LogP contribution in [0.1, 0.15) is 84.4 Å². The molecule has 1 heterocycles. The summed E-state index contributed by atoms with van der Waals surface area (Å²) in [6.07, 6.45) is 6.38. The number of anilines is 2. The first-order valence-corrected chi connectivity index (χ1v) is 13.5. The number of carboxylic acid groups (broad SMARTS) is 1. The van der Waals surface area contributed by atoms with E-state index < -0.39 is 5.97 Å². The van der Waals surface area contributed by atoms with E-state index in [-0.39, 0.29) is 27.4 Å². The third-order valence-electron chi connectivity index (χ3n) is 8.17. The molecule has 2 aromatic carbocycles. The van der Waals surface area contributed by atoms with Crippen LogP contribution >= 0.6 is 0 Å². The zero-order valence-electron chi connectivity index (χ0n) is 24.5. The highest BCUT2D eigenvalue weighted by atomic mass is 16.6. The molecule has 0 bridgehead atoms. The van der Waals surface area contributed by atoms with E-state index in [1.54, 1.807) is 31.2 Å². The largest absolute Gasteiger partial charge is 0.478 e. The molecule has 0 saturated carbocycles. The Kier molecular flexibility index (Phi) is 8.53. The Hall–Kier alpha value is -3.74. The number of non-ortho nitro benzene ring substituents is 1. The van der Waals surface area contributed by atoms with Crippen LogP contribution in [0.15, 0.2) is 59.6 Å². The summed E-state index contributed by atoms with van der Waals surface area (Å²) in [6.45, 7) is 18.9. The molecular formula is C32H41N3O4. The van der Waals surface area contributed by atoms with Gasteiger partial charge in [-0.2, -0.15) is 0 Å². The first kappa shape index (κ1) is 29.8. The number of nitro benzene ring substituents is 1. The monoisotopic (exact) mass is 531 g/mol. The van der Waals surface area contributed by atoms with Gasteiger partial charge in [0.1, 0.15) is 0 Å². The highest BCUT2D eigenvalue weighted by Crippen LogP contribution is 2.50. The summed E-state index contributed by atoms with van der Waals surface area (Å²) in [5, 5.41) is 19.7. The topological polar surface area (TPSA) is 96.0 Å². The molecule has 0 fully saturated rings. The van der Waals surface area contributed by atoms with Crippen LogP contribution in [-0.2, 0) is 15.6 Å². The zero-order valence-corrected chi connectivity index (χ0v) is 24.5. The van der Waals surface area contributed by atoms with E-state index in [0.29, 0.717) is 17.7 Å². The summed E-state index contributed by atoms with van der Waals surface area (Å²) in [5.74, 6) is -0.801. The van der Waals surface area contributed by atoms with Crippen molar-refractivity contribution >= 4 is 34.4 Å². The van der Waals surface area contributed by atoms with Crippen LogP contribution in [0.3, 0.4) is 0 Å². The van der Waals surface area contributed by atoms with Gasteiger partial charge in [0.2, 0.25) is 0 Å². The molecule has 0 amide bonds. The molecule has 7 heteroatoms. The van der Waals surface area contributed by atoms with Crippen LogP contribution in [0, 0.1) is 16.0 Å². The third kappa shape index (κ3) is 5.82. The first-order valence-electron chi connectivity index (χ1n) is 13.5. The second kappa shape index (κ2) is 11.2. The number of aliphatic imine (C=N–C) groups is 1. The van der Waals surface area contributed by atoms with E-state index in [4.69, 9.17) is 10.1 Å². The van der Waals surface area contributed by atoms with E-state index in [9.17, 15) is 14.9 Å². The first-order chi connectivity index (χ1) is 18.2. The van der Waals surface area contributed by atoms with Gasteiger partial charge >= 0.3 is 5.97 Å². The number of benzene rings is 2. The molecule has 1 aliphatic carbocycles. The number of nitrogens with zero attached hydrogens (tertiary/aromatic N) is 3. The number of carboxylic acids is 1. The predicted molar refractivity (Wildman–Crippen MR) is 160 cm³/mol. The summed E-state index contributed by atoms with van der Waals surface area (Å²) >= 11 is 0.